The Kier molecular flexibility index (Phi) is 4.38. The van der Waals surface area contributed by atoms with Gasteiger partial charge in [-0.25, -0.2) is 14.6 Å². The highest BCUT2D eigenvalue weighted by atomic mass is 16.1. The molecule has 1 fully saturated rings. The Bertz CT molecular complexity index is 750. The number of aryl methyl sites for hydroxylation is 2. The van der Waals surface area contributed by atoms with Gasteiger partial charge in [0.05, 0.1) is 5.69 Å². The minimum Gasteiger partial charge on any atom is -0.299 e. The van der Waals surface area contributed by atoms with E-state index in [4.69, 9.17) is 0 Å². The molecule has 0 aromatic carbocycles. The fourth-order valence-corrected chi connectivity index (χ4v) is 3.81. The van der Waals surface area contributed by atoms with Crippen molar-refractivity contribution in [2.24, 2.45) is 5.92 Å². The summed E-state index contributed by atoms with van der Waals surface area (Å²) in [5, 5.41) is 4.61. The van der Waals surface area contributed by atoms with Gasteiger partial charge in [0.25, 0.3) is 5.56 Å². The van der Waals surface area contributed by atoms with Crippen LogP contribution in [0.4, 0.5) is 0 Å². The Hall–Kier alpha value is -2.08. The molecule has 0 N–H and O–H groups in total. The van der Waals surface area contributed by atoms with Gasteiger partial charge in [0.15, 0.2) is 0 Å². The fourth-order valence-electron chi connectivity index (χ4n) is 3.81. The van der Waals surface area contributed by atoms with Gasteiger partial charge in [-0.2, -0.15) is 5.10 Å². The second-order valence-electron chi connectivity index (χ2n) is 6.96. The van der Waals surface area contributed by atoms with Gasteiger partial charge in [-0.05, 0) is 56.7 Å². The number of piperidine rings is 1. The van der Waals surface area contributed by atoms with E-state index in [9.17, 15) is 4.79 Å². The molecule has 2 aromatic heterocycles. The van der Waals surface area contributed by atoms with Crippen molar-refractivity contribution >= 4 is 0 Å². The zero-order chi connectivity index (χ0) is 16.4. The molecule has 4 rings (SSSR count). The second-order valence-corrected chi connectivity index (χ2v) is 6.96. The van der Waals surface area contributed by atoms with Gasteiger partial charge in [-0.3, -0.25) is 9.69 Å². The molecule has 0 amide bonds. The summed E-state index contributed by atoms with van der Waals surface area (Å²) in [6, 6.07) is 1.81. The first-order valence-corrected chi connectivity index (χ1v) is 8.84. The van der Waals surface area contributed by atoms with E-state index in [0.717, 1.165) is 75.1 Å². The average Bonchev–Trinajstić information content (AvgIpc) is 3.05. The zero-order valence-electron chi connectivity index (χ0n) is 13.9. The van der Waals surface area contributed by atoms with E-state index in [2.05, 4.69) is 20.0 Å². The van der Waals surface area contributed by atoms with Gasteiger partial charge in [0.2, 0.25) is 0 Å². The molecule has 0 radical (unpaired) electrons. The first kappa shape index (κ1) is 15.4. The maximum Gasteiger partial charge on any atom is 0.267 e. The Morgan fingerprint density at radius 1 is 1.12 bits per heavy atom. The van der Waals surface area contributed by atoms with Gasteiger partial charge >= 0.3 is 0 Å². The van der Waals surface area contributed by atoms with Gasteiger partial charge in [0.1, 0.15) is 6.33 Å². The molecule has 2 aliphatic rings. The summed E-state index contributed by atoms with van der Waals surface area (Å²) in [5.41, 5.74) is 3.53. The summed E-state index contributed by atoms with van der Waals surface area (Å²) in [7, 11) is 0. The van der Waals surface area contributed by atoms with Gasteiger partial charge in [0, 0.05) is 37.1 Å². The molecule has 3 heterocycles. The largest absolute Gasteiger partial charge is 0.299 e. The SMILES string of the molecule is O=c1cc2c(nn1CC1CCN(Cc3cncnc3)CC1)CCC2. The lowest BCUT2D eigenvalue weighted by atomic mass is 9.96. The standard InChI is InChI=1S/C18H23N5O/c24-18-8-16-2-1-3-17(16)21-23(18)12-14-4-6-22(7-5-14)11-15-9-19-13-20-10-15/h8-10,13-14H,1-7,11-12H2. The predicted molar refractivity (Wildman–Crippen MR) is 90.6 cm³/mol. The number of likely N-dealkylation sites (tertiary alicyclic amines) is 1. The van der Waals surface area contributed by atoms with Gasteiger partial charge < -0.3 is 0 Å². The summed E-state index contributed by atoms with van der Waals surface area (Å²) in [6.07, 6.45) is 10.7. The molecular formula is C18H23N5O. The quantitative estimate of drug-likeness (QED) is 0.851. The Morgan fingerprint density at radius 2 is 1.92 bits per heavy atom. The fraction of sp³-hybridized carbons (Fsp3) is 0.556. The predicted octanol–water partition coefficient (Wildman–Crippen LogP) is 1.43. The van der Waals surface area contributed by atoms with Crippen LogP contribution in [0, 0.1) is 5.92 Å². The normalized spacial score (nSPS) is 18.7. The van der Waals surface area contributed by atoms with Crippen LogP contribution in [0.5, 0.6) is 0 Å². The van der Waals surface area contributed by atoms with E-state index in [-0.39, 0.29) is 5.56 Å². The molecular weight excluding hydrogens is 302 g/mol. The van der Waals surface area contributed by atoms with E-state index in [0.29, 0.717) is 5.92 Å². The lowest BCUT2D eigenvalue weighted by molar-refractivity contribution is 0.163. The molecule has 0 spiro atoms. The Morgan fingerprint density at radius 3 is 2.71 bits per heavy atom. The molecule has 1 saturated heterocycles. The van der Waals surface area contributed by atoms with Crippen LogP contribution in [0.2, 0.25) is 0 Å². The molecule has 0 unspecified atom stereocenters. The van der Waals surface area contributed by atoms with E-state index >= 15 is 0 Å². The van der Waals surface area contributed by atoms with E-state index in [1.807, 2.05) is 12.4 Å². The molecule has 6 heteroatoms. The van der Waals surface area contributed by atoms with Crippen LogP contribution in [-0.2, 0) is 25.9 Å². The van der Waals surface area contributed by atoms with Crippen molar-refractivity contribution < 1.29 is 0 Å². The maximum absolute atomic E-state index is 12.2. The van der Waals surface area contributed by atoms with Gasteiger partial charge in [-0.15, -0.1) is 0 Å². The zero-order valence-corrected chi connectivity index (χ0v) is 13.9. The monoisotopic (exact) mass is 325 g/mol. The average molecular weight is 325 g/mol. The number of fused-ring (bicyclic) bond motifs is 1. The minimum absolute atomic E-state index is 0.0690. The topological polar surface area (TPSA) is 63.9 Å². The van der Waals surface area contributed by atoms with Crippen LogP contribution in [0.15, 0.2) is 29.6 Å². The first-order valence-electron chi connectivity index (χ1n) is 8.84. The van der Waals surface area contributed by atoms with E-state index in [1.54, 1.807) is 17.1 Å². The van der Waals surface area contributed by atoms with Crippen molar-refractivity contribution in [1.29, 1.82) is 0 Å². The van der Waals surface area contributed by atoms with Crippen LogP contribution >= 0.6 is 0 Å². The maximum atomic E-state index is 12.2. The van der Waals surface area contributed by atoms with Crippen molar-refractivity contribution in [3.05, 3.63) is 52.0 Å². The summed E-state index contributed by atoms with van der Waals surface area (Å²) in [6.45, 7) is 3.78. The highest BCUT2D eigenvalue weighted by molar-refractivity contribution is 5.22. The third-order valence-electron chi connectivity index (χ3n) is 5.18. The van der Waals surface area contributed by atoms with Crippen molar-refractivity contribution in [3.63, 3.8) is 0 Å². The van der Waals surface area contributed by atoms with Crippen molar-refractivity contribution in [3.8, 4) is 0 Å². The molecule has 1 aliphatic heterocycles. The number of nitrogens with zero attached hydrogens (tertiary/aromatic N) is 5. The number of rotatable bonds is 4. The highest BCUT2D eigenvalue weighted by Gasteiger charge is 2.22. The first-order chi connectivity index (χ1) is 11.8. The lowest BCUT2D eigenvalue weighted by Gasteiger charge is -2.31. The molecule has 2 aromatic rings. The van der Waals surface area contributed by atoms with E-state index < -0.39 is 0 Å². The van der Waals surface area contributed by atoms with Crippen molar-refractivity contribution in [2.75, 3.05) is 13.1 Å². The third-order valence-corrected chi connectivity index (χ3v) is 5.18. The minimum atomic E-state index is 0.0690. The summed E-state index contributed by atoms with van der Waals surface area (Å²) < 4.78 is 1.70. The molecule has 24 heavy (non-hydrogen) atoms. The van der Waals surface area contributed by atoms with E-state index in [1.165, 1.54) is 0 Å². The number of aromatic nitrogens is 4. The number of hydrogen-bond acceptors (Lipinski definition) is 5. The molecule has 126 valence electrons. The smallest absolute Gasteiger partial charge is 0.267 e. The number of hydrogen-bond donors (Lipinski definition) is 0. The molecule has 6 nitrogen and oxygen atoms in total. The van der Waals surface area contributed by atoms with Crippen LogP contribution < -0.4 is 5.56 Å². The van der Waals surface area contributed by atoms with Crippen LogP contribution in [-0.4, -0.2) is 37.7 Å². The molecule has 0 bridgehead atoms. The van der Waals surface area contributed by atoms with Crippen molar-refractivity contribution in [2.45, 2.75) is 45.2 Å². The summed E-state index contributed by atoms with van der Waals surface area (Å²) in [4.78, 5) is 22.8. The van der Waals surface area contributed by atoms with Gasteiger partial charge in [-0.1, -0.05) is 0 Å². The van der Waals surface area contributed by atoms with Crippen molar-refractivity contribution in [1.82, 2.24) is 24.6 Å². The molecule has 1 aliphatic carbocycles. The van der Waals surface area contributed by atoms with Crippen LogP contribution in [0.3, 0.4) is 0 Å². The second kappa shape index (κ2) is 6.81. The Balaban J connectivity index is 1.34. The van der Waals surface area contributed by atoms with Crippen LogP contribution in [0.25, 0.3) is 0 Å². The lowest BCUT2D eigenvalue weighted by Crippen LogP contribution is -2.36. The van der Waals surface area contributed by atoms with Crippen LogP contribution in [0.1, 0.15) is 36.1 Å². The summed E-state index contributed by atoms with van der Waals surface area (Å²) >= 11 is 0. The summed E-state index contributed by atoms with van der Waals surface area (Å²) in [5.74, 6) is 0.540. The molecule has 0 atom stereocenters. The molecule has 0 saturated carbocycles. The third kappa shape index (κ3) is 3.38. The highest BCUT2D eigenvalue weighted by Crippen LogP contribution is 2.21. The Labute approximate surface area is 141 Å².